The standard InChI is InChI=1S/C24H15FN2O3/c25-18-10-8-17(9-11-18)22(28)20-21(16-4-2-1-3-5-16)27(24(30)23(20)29)19-12-6-15(14-26)7-13-19/h1-13,21,28H/b22-20+. The highest BCUT2D eigenvalue weighted by molar-refractivity contribution is 6.51. The SMILES string of the molecule is N#Cc1ccc(N2C(=O)C(=O)/C(=C(/O)c3ccc(F)cc3)C2c2ccccc2)cc1. The molecule has 0 spiro atoms. The molecule has 1 fully saturated rings. The Morgan fingerprint density at radius 2 is 1.57 bits per heavy atom. The number of nitrogens with zero attached hydrogens (tertiary/aromatic N) is 2. The number of hydrogen-bond donors (Lipinski definition) is 1. The molecule has 30 heavy (non-hydrogen) atoms. The summed E-state index contributed by atoms with van der Waals surface area (Å²) < 4.78 is 13.3. The third kappa shape index (κ3) is 3.23. The van der Waals surface area contributed by atoms with Crippen LogP contribution >= 0.6 is 0 Å². The van der Waals surface area contributed by atoms with E-state index in [9.17, 15) is 19.1 Å². The first-order valence-electron chi connectivity index (χ1n) is 9.13. The predicted octanol–water partition coefficient (Wildman–Crippen LogP) is 4.32. The molecule has 1 unspecified atom stereocenters. The zero-order chi connectivity index (χ0) is 21.3. The number of amides is 1. The monoisotopic (exact) mass is 398 g/mol. The van der Waals surface area contributed by atoms with E-state index in [0.717, 1.165) is 0 Å². The van der Waals surface area contributed by atoms with Gasteiger partial charge in [-0.3, -0.25) is 14.5 Å². The Kier molecular flexibility index (Phi) is 4.87. The maximum Gasteiger partial charge on any atom is 0.300 e. The Balaban J connectivity index is 1.92. The van der Waals surface area contributed by atoms with Crippen LogP contribution in [0.15, 0.2) is 84.4 Å². The largest absolute Gasteiger partial charge is 0.507 e. The van der Waals surface area contributed by atoms with Gasteiger partial charge >= 0.3 is 0 Å². The van der Waals surface area contributed by atoms with Crippen LogP contribution in [-0.2, 0) is 9.59 Å². The lowest BCUT2D eigenvalue weighted by Gasteiger charge is -2.25. The van der Waals surface area contributed by atoms with E-state index < -0.39 is 23.5 Å². The first-order valence-corrected chi connectivity index (χ1v) is 9.13. The van der Waals surface area contributed by atoms with E-state index in [1.54, 1.807) is 54.6 Å². The van der Waals surface area contributed by atoms with Crippen LogP contribution in [0.2, 0.25) is 0 Å². The van der Waals surface area contributed by atoms with Crippen LogP contribution in [0.1, 0.15) is 22.7 Å². The number of anilines is 1. The number of aliphatic hydroxyl groups is 1. The van der Waals surface area contributed by atoms with Gasteiger partial charge in [-0.2, -0.15) is 5.26 Å². The van der Waals surface area contributed by atoms with Crippen molar-refractivity contribution in [1.82, 2.24) is 0 Å². The summed E-state index contributed by atoms with van der Waals surface area (Å²) in [6.45, 7) is 0. The molecule has 0 bridgehead atoms. The van der Waals surface area contributed by atoms with Crippen molar-refractivity contribution in [3.05, 3.63) is 107 Å². The van der Waals surface area contributed by atoms with Gasteiger partial charge in [0.05, 0.1) is 23.2 Å². The topological polar surface area (TPSA) is 81.4 Å². The van der Waals surface area contributed by atoms with Crippen LogP contribution in [0.4, 0.5) is 10.1 Å². The Morgan fingerprint density at radius 3 is 2.17 bits per heavy atom. The first-order chi connectivity index (χ1) is 14.5. The minimum absolute atomic E-state index is 0.0813. The van der Waals surface area contributed by atoms with Crippen LogP contribution in [0.3, 0.4) is 0 Å². The van der Waals surface area contributed by atoms with E-state index in [1.807, 2.05) is 6.07 Å². The summed E-state index contributed by atoms with van der Waals surface area (Å²) in [5.41, 5.74) is 1.61. The van der Waals surface area contributed by atoms with Gasteiger partial charge in [0.1, 0.15) is 11.6 Å². The van der Waals surface area contributed by atoms with Crippen LogP contribution < -0.4 is 4.90 Å². The lowest BCUT2D eigenvalue weighted by Crippen LogP contribution is -2.29. The van der Waals surface area contributed by atoms with Crippen LogP contribution in [0, 0.1) is 17.1 Å². The first kappa shape index (κ1) is 19.1. The highest BCUT2D eigenvalue weighted by atomic mass is 19.1. The van der Waals surface area contributed by atoms with Gasteiger partial charge in [0, 0.05) is 11.3 Å². The lowest BCUT2D eigenvalue weighted by atomic mass is 9.95. The molecule has 0 aromatic heterocycles. The predicted molar refractivity (Wildman–Crippen MR) is 109 cm³/mol. The van der Waals surface area contributed by atoms with E-state index in [2.05, 4.69) is 0 Å². The molecule has 3 aromatic carbocycles. The summed E-state index contributed by atoms with van der Waals surface area (Å²) >= 11 is 0. The van der Waals surface area contributed by atoms with Gasteiger partial charge in [-0.25, -0.2) is 4.39 Å². The molecule has 4 rings (SSSR count). The highest BCUT2D eigenvalue weighted by Gasteiger charge is 2.46. The molecular formula is C24H15FN2O3. The molecular weight excluding hydrogens is 383 g/mol. The van der Waals surface area contributed by atoms with Gasteiger partial charge in [-0.15, -0.1) is 0 Å². The van der Waals surface area contributed by atoms with Crippen molar-refractivity contribution in [2.75, 3.05) is 4.90 Å². The maximum absolute atomic E-state index is 13.3. The third-order valence-corrected chi connectivity index (χ3v) is 4.95. The number of Topliss-reactive ketones (excluding diaryl/α,β-unsaturated/α-hetero) is 1. The molecule has 0 radical (unpaired) electrons. The van der Waals surface area contributed by atoms with Crippen molar-refractivity contribution < 1.29 is 19.1 Å². The fourth-order valence-corrected chi connectivity index (χ4v) is 3.51. The van der Waals surface area contributed by atoms with Crippen LogP contribution in [-0.4, -0.2) is 16.8 Å². The molecule has 6 heteroatoms. The van der Waals surface area contributed by atoms with E-state index in [4.69, 9.17) is 5.26 Å². The maximum atomic E-state index is 13.3. The van der Waals surface area contributed by atoms with Crippen LogP contribution in [0.5, 0.6) is 0 Å². The molecule has 0 saturated carbocycles. The molecule has 0 aliphatic carbocycles. The number of hydrogen-bond acceptors (Lipinski definition) is 4. The third-order valence-electron chi connectivity index (χ3n) is 4.95. The molecule has 1 atom stereocenters. The molecule has 1 amide bonds. The van der Waals surface area contributed by atoms with E-state index >= 15 is 0 Å². The Bertz CT molecular complexity index is 1190. The average Bonchev–Trinajstić information content (AvgIpc) is 3.05. The Hall–Kier alpha value is -4.24. The second kappa shape index (κ2) is 7.64. The second-order valence-corrected chi connectivity index (χ2v) is 6.75. The number of nitriles is 1. The molecule has 5 nitrogen and oxygen atoms in total. The molecule has 146 valence electrons. The van der Waals surface area contributed by atoms with Gasteiger partial charge in [0.15, 0.2) is 0 Å². The molecule has 1 aliphatic rings. The summed E-state index contributed by atoms with van der Waals surface area (Å²) in [4.78, 5) is 27.2. The number of ketones is 1. The van der Waals surface area contributed by atoms with Crippen molar-refractivity contribution >= 4 is 23.1 Å². The smallest absolute Gasteiger partial charge is 0.300 e. The summed E-state index contributed by atoms with van der Waals surface area (Å²) in [7, 11) is 0. The minimum Gasteiger partial charge on any atom is -0.507 e. The van der Waals surface area contributed by atoms with E-state index in [1.165, 1.54) is 29.2 Å². The van der Waals surface area contributed by atoms with Crippen molar-refractivity contribution in [2.45, 2.75) is 6.04 Å². The van der Waals surface area contributed by atoms with Crippen molar-refractivity contribution in [3.63, 3.8) is 0 Å². The lowest BCUT2D eigenvalue weighted by molar-refractivity contribution is -0.132. The van der Waals surface area contributed by atoms with Crippen molar-refractivity contribution in [3.8, 4) is 6.07 Å². The van der Waals surface area contributed by atoms with Gasteiger partial charge in [0.2, 0.25) is 0 Å². The number of aliphatic hydroxyl groups excluding tert-OH is 1. The number of rotatable bonds is 3. The van der Waals surface area contributed by atoms with Gasteiger partial charge in [0.25, 0.3) is 11.7 Å². The van der Waals surface area contributed by atoms with E-state index in [0.29, 0.717) is 16.8 Å². The van der Waals surface area contributed by atoms with Gasteiger partial charge < -0.3 is 5.11 Å². The Labute approximate surface area is 171 Å². The zero-order valence-corrected chi connectivity index (χ0v) is 15.6. The molecule has 1 saturated heterocycles. The number of carbonyl (C=O) groups is 2. The summed E-state index contributed by atoms with van der Waals surface area (Å²) in [5, 5.41) is 19.9. The molecule has 1 aliphatic heterocycles. The highest BCUT2D eigenvalue weighted by Crippen LogP contribution is 2.42. The van der Waals surface area contributed by atoms with Crippen molar-refractivity contribution in [1.29, 1.82) is 5.26 Å². The summed E-state index contributed by atoms with van der Waals surface area (Å²) in [6, 6.07) is 21.3. The fourth-order valence-electron chi connectivity index (χ4n) is 3.51. The average molecular weight is 398 g/mol. The number of carbonyl (C=O) groups excluding carboxylic acids is 2. The summed E-state index contributed by atoms with van der Waals surface area (Å²) in [6.07, 6.45) is 0. The molecule has 1 N–H and O–H groups in total. The minimum atomic E-state index is -0.871. The normalized spacial score (nSPS) is 17.7. The van der Waals surface area contributed by atoms with Gasteiger partial charge in [-0.05, 0) is 54.1 Å². The second-order valence-electron chi connectivity index (χ2n) is 6.75. The van der Waals surface area contributed by atoms with Crippen LogP contribution in [0.25, 0.3) is 5.76 Å². The fraction of sp³-hybridized carbons (Fsp3) is 0.0417. The number of benzene rings is 3. The molecule has 3 aromatic rings. The summed E-state index contributed by atoms with van der Waals surface area (Å²) in [5.74, 6) is -2.49. The quantitative estimate of drug-likeness (QED) is 0.405. The van der Waals surface area contributed by atoms with E-state index in [-0.39, 0.29) is 16.9 Å². The zero-order valence-electron chi connectivity index (χ0n) is 15.6. The Morgan fingerprint density at radius 1 is 0.933 bits per heavy atom. The van der Waals surface area contributed by atoms with Gasteiger partial charge in [-0.1, -0.05) is 30.3 Å². The van der Waals surface area contributed by atoms with Crippen molar-refractivity contribution in [2.24, 2.45) is 0 Å². The number of halogens is 1. The molecule has 1 heterocycles.